The van der Waals surface area contributed by atoms with Crippen LogP contribution in [-0.2, 0) is 28.6 Å². The summed E-state index contributed by atoms with van der Waals surface area (Å²) in [6.45, 7) is 6.56. The number of esters is 3. The molecule has 0 aliphatic rings. The lowest BCUT2D eigenvalue weighted by molar-refractivity contribution is -0.166. The molecule has 0 unspecified atom stereocenters. The number of carbonyl (C=O) groups is 3. The molecule has 0 saturated heterocycles. The van der Waals surface area contributed by atoms with E-state index < -0.39 is 6.10 Å². The largest absolute Gasteiger partial charge is 0.462 e. The number of hydrogen-bond donors (Lipinski definition) is 0. The number of hydrogen-bond acceptors (Lipinski definition) is 6. The van der Waals surface area contributed by atoms with Crippen molar-refractivity contribution in [3.8, 4) is 0 Å². The zero-order valence-electron chi connectivity index (χ0n) is 44.2. The van der Waals surface area contributed by atoms with Crippen LogP contribution in [0.25, 0.3) is 0 Å². The van der Waals surface area contributed by atoms with Crippen molar-refractivity contribution in [2.75, 3.05) is 13.2 Å². The highest BCUT2D eigenvalue weighted by Gasteiger charge is 2.19. The van der Waals surface area contributed by atoms with Crippen LogP contribution in [0.1, 0.15) is 278 Å². The van der Waals surface area contributed by atoms with E-state index in [0.29, 0.717) is 19.3 Å². The van der Waals surface area contributed by atoms with E-state index in [9.17, 15) is 14.4 Å². The van der Waals surface area contributed by atoms with Crippen molar-refractivity contribution >= 4 is 17.9 Å². The standard InChI is InChI=1S/C61H106O6/c1-4-7-10-13-16-19-22-25-28-29-30-31-34-37-40-43-46-49-52-55-61(64)67-58(56-65-59(62)53-50-47-44-41-38-35-32-26-23-20-17-14-11-8-5-2)57-66-60(63)54-51-48-45-42-39-36-33-27-24-21-18-15-12-9-6-3/h16,19,25-26,28,30-32,37,40,46,49,58H,4-15,17-18,20-24,27,29,33-36,38-39,41-45,47-48,50-57H2,1-3H3/b19-16-,28-25-,31-30-,32-26-,40-37-,49-46-/t58-/m1/s1. The van der Waals surface area contributed by atoms with Gasteiger partial charge in [0.25, 0.3) is 0 Å². The Bertz CT molecular complexity index is 1260. The SMILES string of the molecule is CCCCC/C=C\C/C=C\C/C=C\C/C=C\C/C=C\CCC(=O)O[C@H](COC(=O)CCCCCCC/C=C\CCCCCCCC)COC(=O)CCCCCCCCCCCCCCCCC. The second-order valence-corrected chi connectivity index (χ2v) is 18.8. The molecule has 0 spiro atoms. The van der Waals surface area contributed by atoms with Crippen LogP contribution in [0.2, 0.25) is 0 Å². The fourth-order valence-corrected chi connectivity index (χ4v) is 7.89. The molecule has 0 aliphatic carbocycles. The third-order valence-electron chi connectivity index (χ3n) is 12.2. The first-order valence-electron chi connectivity index (χ1n) is 28.4. The van der Waals surface area contributed by atoms with E-state index in [2.05, 4.69) is 87.6 Å². The minimum atomic E-state index is -0.816. The van der Waals surface area contributed by atoms with E-state index in [0.717, 1.165) is 70.6 Å². The average molecular weight is 936 g/mol. The van der Waals surface area contributed by atoms with Crippen molar-refractivity contribution in [1.82, 2.24) is 0 Å². The highest BCUT2D eigenvalue weighted by molar-refractivity contribution is 5.71. The van der Waals surface area contributed by atoms with Gasteiger partial charge in [0.1, 0.15) is 13.2 Å². The van der Waals surface area contributed by atoms with Gasteiger partial charge in [-0.3, -0.25) is 14.4 Å². The molecule has 0 aromatic heterocycles. The predicted octanol–water partition coefficient (Wildman–Crippen LogP) is 19.0. The van der Waals surface area contributed by atoms with Crippen molar-refractivity contribution in [3.05, 3.63) is 72.9 Å². The molecule has 0 bridgehead atoms. The van der Waals surface area contributed by atoms with Crippen molar-refractivity contribution in [3.63, 3.8) is 0 Å². The van der Waals surface area contributed by atoms with E-state index >= 15 is 0 Å². The molecule has 0 aromatic carbocycles. The summed E-state index contributed by atoms with van der Waals surface area (Å²) in [7, 11) is 0. The maximum absolute atomic E-state index is 12.8. The van der Waals surface area contributed by atoms with Crippen LogP contribution in [0.4, 0.5) is 0 Å². The molecule has 6 nitrogen and oxygen atoms in total. The quantitative estimate of drug-likeness (QED) is 0.0262. The fraction of sp³-hybridized carbons (Fsp3) is 0.754. The molecule has 6 heteroatoms. The summed E-state index contributed by atoms with van der Waals surface area (Å²) in [5, 5.41) is 0. The van der Waals surface area contributed by atoms with E-state index in [1.54, 1.807) is 0 Å². The van der Waals surface area contributed by atoms with Gasteiger partial charge in [0.05, 0.1) is 0 Å². The molecule has 0 radical (unpaired) electrons. The number of unbranched alkanes of at least 4 members (excludes halogenated alkanes) is 28. The molecule has 0 heterocycles. The summed E-state index contributed by atoms with van der Waals surface area (Å²) < 4.78 is 16.8. The third-order valence-corrected chi connectivity index (χ3v) is 12.2. The summed E-state index contributed by atoms with van der Waals surface area (Å²) in [5.74, 6) is -0.989. The van der Waals surface area contributed by atoms with Gasteiger partial charge in [0.15, 0.2) is 6.10 Å². The Kier molecular flexibility index (Phi) is 52.8. The van der Waals surface area contributed by atoms with E-state index in [-0.39, 0.29) is 37.5 Å². The van der Waals surface area contributed by atoms with Gasteiger partial charge in [-0.25, -0.2) is 0 Å². The van der Waals surface area contributed by atoms with Crippen LogP contribution >= 0.6 is 0 Å². The zero-order chi connectivity index (χ0) is 48.6. The lowest BCUT2D eigenvalue weighted by Crippen LogP contribution is -2.30. The summed E-state index contributed by atoms with van der Waals surface area (Å²) in [6.07, 6.45) is 70.4. The van der Waals surface area contributed by atoms with Crippen molar-refractivity contribution < 1.29 is 28.6 Å². The van der Waals surface area contributed by atoms with Crippen LogP contribution in [0.5, 0.6) is 0 Å². The average Bonchev–Trinajstić information content (AvgIpc) is 3.33. The molecule has 0 amide bonds. The molecular formula is C61H106O6. The number of rotatable bonds is 51. The summed E-state index contributed by atoms with van der Waals surface area (Å²) in [6, 6.07) is 0. The summed E-state index contributed by atoms with van der Waals surface area (Å²) in [4.78, 5) is 38.1. The summed E-state index contributed by atoms with van der Waals surface area (Å²) >= 11 is 0. The highest BCUT2D eigenvalue weighted by Crippen LogP contribution is 2.15. The molecule has 0 fully saturated rings. The normalized spacial score (nSPS) is 12.6. The van der Waals surface area contributed by atoms with Gasteiger partial charge in [-0.2, -0.15) is 0 Å². The Hall–Kier alpha value is -3.15. The predicted molar refractivity (Wildman–Crippen MR) is 288 cm³/mol. The Morgan fingerprint density at radius 1 is 0.299 bits per heavy atom. The Morgan fingerprint density at radius 3 is 0.940 bits per heavy atom. The summed E-state index contributed by atoms with van der Waals surface area (Å²) in [5.41, 5.74) is 0. The maximum atomic E-state index is 12.8. The monoisotopic (exact) mass is 935 g/mol. The zero-order valence-corrected chi connectivity index (χ0v) is 44.2. The molecule has 1 atom stereocenters. The first-order valence-corrected chi connectivity index (χ1v) is 28.4. The third kappa shape index (κ3) is 53.7. The first kappa shape index (κ1) is 63.8. The van der Waals surface area contributed by atoms with Crippen LogP contribution < -0.4 is 0 Å². The molecule has 0 saturated carbocycles. The van der Waals surface area contributed by atoms with Crippen molar-refractivity contribution in [2.45, 2.75) is 284 Å². The van der Waals surface area contributed by atoms with Gasteiger partial charge in [0, 0.05) is 19.3 Å². The lowest BCUT2D eigenvalue weighted by atomic mass is 10.0. The Labute approximate surface area is 414 Å². The minimum absolute atomic E-state index is 0.105. The Balaban J connectivity index is 4.50. The lowest BCUT2D eigenvalue weighted by Gasteiger charge is -2.18. The maximum Gasteiger partial charge on any atom is 0.306 e. The van der Waals surface area contributed by atoms with Crippen LogP contribution in [0.15, 0.2) is 72.9 Å². The number of carbonyl (C=O) groups excluding carboxylic acids is 3. The van der Waals surface area contributed by atoms with E-state index in [1.165, 1.54) is 161 Å². The molecular weight excluding hydrogens is 829 g/mol. The minimum Gasteiger partial charge on any atom is -0.462 e. The van der Waals surface area contributed by atoms with Crippen molar-refractivity contribution in [1.29, 1.82) is 0 Å². The molecule has 0 aromatic rings. The number of allylic oxidation sites excluding steroid dienone is 12. The van der Waals surface area contributed by atoms with E-state index in [4.69, 9.17) is 14.2 Å². The molecule has 0 N–H and O–H groups in total. The van der Waals surface area contributed by atoms with Gasteiger partial charge in [0.2, 0.25) is 0 Å². The van der Waals surface area contributed by atoms with Crippen LogP contribution in [-0.4, -0.2) is 37.2 Å². The van der Waals surface area contributed by atoms with Crippen molar-refractivity contribution in [2.24, 2.45) is 0 Å². The highest BCUT2D eigenvalue weighted by atomic mass is 16.6. The second-order valence-electron chi connectivity index (χ2n) is 18.8. The Morgan fingerprint density at radius 2 is 0.567 bits per heavy atom. The van der Waals surface area contributed by atoms with E-state index in [1.807, 2.05) is 6.08 Å². The van der Waals surface area contributed by atoms with Crippen LogP contribution in [0, 0.1) is 0 Å². The second kappa shape index (κ2) is 55.4. The smallest absolute Gasteiger partial charge is 0.306 e. The molecule has 0 rings (SSSR count). The van der Waals surface area contributed by atoms with Gasteiger partial charge in [-0.05, 0) is 83.5 Å². The molecule has 386 valence electrons. The topological polar surface area (TPSA) is 78.9 Å². The van der Waals surface area contributed by atoms with Gasteiger partial charge in [-0.1, -0.05) is 248 Å². The first-order chi connectivity index (χ1) is 33.0. The molecule has 67 heavy (non-hydrogen) atoms. The van der Waals surface area contributed by atoms with Crippen LogP contribution in [0.3, 0.4) is 0 Å². The molecule has 0 aliphatic heterocycles. The fourth-order valence-electron chi connectivity index (χ4n) is 7.89. The number of ether oxygens (including phenoxy) is 3. The van der Waals surface area contributed by atoms with Gasteiger partial charge in [-0.15, -0.1) is 0 Å². The van der Waals surface area contributed by atoms with Gasteiger partial charge < -0.3 is 14.2 Å². The van der Waals surface area contributed by atoms with Gasteiger partial charge >= 0.3 is 17.9 Å².